The van der Waals surface area contributed by atoms with E-state index < -0.39 is 17.7 Å². The second-order valence-electron chi connectivity index (χ2n) is 7.75. The molecule has 3 aromatic rings. The topological polar surface area (TPSA) is 103 Å². The molecule has 2 aromatic carbocycles. The highest BCUT2D eigenvalue weighted by atomic mass is 16.5. The second-order valence-corrected chi connectivity index (χ2v) is 7.75. The smallest absolute Gasteiger partial charge is 0.295 e. The highest BCUT2D eigenvalue weighted by Gasteiger charge is 2.46. The average molecular weight is 420 g/mol. The highest BCUT2D eigenvalue weighted by molar-refractivity contribution is 6.46. The molecule has 1 fully saturated rings. The van der Waals surface area contributed by atoms with E-state index in [4.69, 9.17) is 4.74 Å². The van der Waals surface area contributed by atoms with Gasteiger partial charge >= 0.3 is 0 Å². The van der Waals surface area contributed by atoms with Crippen LogP contribution in [0.3, 0.4) is 0 Å². The van der Waals surface area contributed by atoms with Crippen molar-refractivity contribution in [2.45, 2.75) is 26.0 Å². The molecule has 4 rings (SSSR count). The Balaban J connectivity index is 1.85. The van der Waals surface area contributed by atoms with Crippen LogP contribution in [0.1, 0.15) is 31.0 Å². The molecule has 1 saturated heterocycles. The lowest BCUT2D eigenvalue weighted by molar-refractivity contribution is -0.140. The fourth-order valence-electron chi connectivity index (χ4n) is 3.95. The van der Waals surface area contributed by atoms with Gasteiger partial charge in [0.15, 0.2) is 0 Å². The number of rotatable bonds is 6. The van der Waals surface area contributed by atoms with E-state index in [1.165, 1.54) is 17.0 Å². The zero-order chi connectivity index (χ0) is 22.1. The van der Waals surface area contributed by atoms with Gasteiger partial charge in [0.25, 0.3) is 11.7 Å². The first-order valence-corrected chi connectivity index (χ1v) is 10.1. The number of phenolic OH excluding ortho intramolecular Hbond substituents is 1. The number of likely N-dealkylation sites (tertiary alicyclic amines) is 1. The van der Waals surface area contributed by atoms with E-state index in [-0.39, 0.29) is 36.3 Å². The van der Waals surface area contributed by atoms with Gasteiger partial charge in [-0.1, -0.05) is 30.3 Å². The van der Waals surface area contributed by atoms with E-state index in [2.05, 4.69) is 4.98 Å². The molecule has 1 unspecified atom stereocenters. The van der Waals surface area contributed by atoms with Crippen LogP contribution in [-0.2, 0) is 14.3 Å². The maximum atomic E-state index is 13.0. The molecule has 1 aromatic heterocycles. The molecular weight excluding hydrogens is 396 g/mol. The van der Waals surface area contributed by atoms with Crippen LogP contribution < -0.4 is 0 Å². The number of aromatic hydroxyl groups is 1. The van der Waals surface area contributed by atoms with Crippen molar-refractivity contribution in [3.8, 4) is 5.75 Å². The number of H-pyrrole nitrogens is 1. The van der Waals surface area contributed by atoms with E-state index in [0.717, 1.165) is 10.9 Å². The Labute approximate surface area is 179 Å². The molecule has 1 aliphatic heterocycles. The summed E-state index contributed by atoms with van der Waals surface area (Å²) in [5.74, 6) is -1.72. The summed E-state index contributed by atoms with van der Waals surface area (Å²) in [6.07, 6.45) is 1.59. The van der Waals surface area contributed by atoms with Gasteiger partial charge in [-0.2, -0.15) is 0 Å². The number of carbonyl (C=O) groups is 2. The maximum Gasteiger partial charge on any atom is 0.295 e. The Morgan fingerprint density at radius 1 is 1.16 bits per heavy atom. The number of aliphatic hydroxyl groups excluding tert-OH is 1. The van der Waals surface area contributed by atoms with E-state index >= 15 is 0 Å². The third-order valence-electron chi connectivity index (χ3n) is 5.35. The zero-order valence-electron chi connectivity index (χ0n) is 17.3. The average Bonchev–Trinajstić information content (AvgIpc) is 3.28. The van der Waals surface area contributed by atoms with Crippen molar-refractivity contribution < 1.29 is 24.5 Å². The summed E-state index contributed by atoms with van der Waals surface area (Å²) in [6.45, 7) is 4.19. The predicted octanol–water partition coefficient (Wildman–Crippen LogP) is 3.72. The lowest BCUT2D eigenvalue weighted by Crippen LogP contribution is -2.33. The lowest BCUT2D eigenvalue weighted by atomic mass is 9.95. The van der Waals surface area contributed by atoms with Crippen molar-refractivity contribution in [2.75, 3.05) is 13.2 Å². The summed E-state index contributed by atoms with van der Waals surface area (Å²) in [7, 11) is 0. The molecule has 0 radical (unpaired) electrons. The normalized spacial score (nSPS) is 18.4. The first kappa shape index (κ1) is 20.7. The molecule has 1 atom stereocenters. The first-order chi connectivity index (χ1) is 14.9. The second kappa shape index (κ2) is 8.28. The van der Waals surface area contributed by atoms with Gasteiger partial charge in [-0.25, -0.2) is 0 Å². The van der Waals surface area contributed by atoms with Crippen LogP contribution in [0.4, 0.5) is 0 Å². The number of aromatic amines is 1. The van der Waals surface area contributed by atoms with Gasteiger partial charge in [0.1, 0.15) is 11.5 Å². The van der Waals surface area contributed by atoms with E-state index in [1.807, 2.05) is 38.1 Å². The summed E-state index contributed by atoms with van der Waals surface area (Å²) >= 11 is 0. The van der Waals surface area contributed by atoms with Crippen molar-refractivity contribution in [3.05, 3.63) is 71.4 Å². The minimum atomic E-state index is -0.837. The van der Waals surface area contributed by atoms with Gasteiger partial charge in [-0.15, -0.1) is 0 Å². The molecule has 7 nitrogen and oxygen atoms in total. The minimum absolute atomic E-state index is 0.00797. The largest absolute Gasteiger partial charge is 0.508 e. The van der Waals surface area contributed by atoms with Crippen LogP contribution in [-0.4, -0.2) is 51.0 Å². The Hall–Kier alpha value is -3.58. The number of amides is 1. The van der Waals surface area contributed by atoms with E-state index in [0.29, 0.717) is 11.1 Å². The number of hydrogen-bond donors (Lipinski definition) is 3. The molecule has 1 aliphatic rings. The molecule has 0 spiro atoms. The number of carbonyl (C=O) groups excluding carboxylic acids is 2. The number of aromatic nitrogens is 1. The Bertz CT molecular complexity index is 1180. The number of Topliss-reactive ketones (excluding diaryl/α,β-unsaturated/α-hetero) is 1. The predicted molar refractivity (Wildman–Crippen MR) is 117 cm³/mol. The summed E-state index contributed by atoms with van der Waals surface area (Å²) in [4.78, 5) is 30.4. The monoisotopic (exact) mass is 420 g/mol. The molecule has 0 saturated carbocycles. The van der Waals surface area contributed by atoms with Crippen molar-refractivity contribution in [3.63, 3.8) is 0 Å². The molecule has 3 N–H and O–H groups in total. The van der Waals surface area contributed by atoms with Gasteiger partial charge in [-0.3, -0.25) is 9.59 Å². The molecule has 0 aliphatic carbocycles. The number of nitrogens with zero attached hydrogens (tertiary/aromatic N) is 1. The van der Waals surface area contributed by atoms with Crippen molar-refractivity contribution in [1.82, 2.24) is 9.88 Å². The Morgan fingerprint density at radius 2 is 1.94 bits per heavy atom. The zero-order valence-corrected chi connectivity index (χ0v) is 17.3. The number of fused-ring (bicyclic) bond motifs is 1. The number of aliphatic hydroxyl groups is 1. The molecule has 7 heteroatoms. The number of hydrogen-bond acceptors (Lipinski definition) is 5. The first-order valence-electron chi connectivity index (χ1n) is 10.1. The summed E-state index contributed by atoms with van der Waals surface area (Å²) in [6, 6.07) is 12.9. The summed E-state index contributed by atoms with van der Waals surface area (Å²) in [5, 5.41) is 21.9. The van der Waals surface area contributed by atoms with Gasteiger partial charge in [0.2, 0.25) is 0 Å². The highest BCUT2D eigenvalue weighted by Crippen LogP contribution is 2.41. The van der Waals surface area contributed by atoms with Crippen LogP contribution in [0.5, 0.6) is 5.75 Å². The van der Waals surface area contributed by atoms with Crippen molar-refractivity contribution in [2.24, 2.45) is 0 Å². The fourth-order valence-corrected chi connectivity index (χ4v) is 3.95. The van der Waals surface area contributed by atoms with E-state index in [9.17, 15) is 19.8 Å². The molecule has 0 bridgehead atoms. The number of ether oxygens (including phenoxy) is 1. The summed E-state index contributed by atoms with van der Waals surface area (Å²) in [5.41, 5.74) is 1.77. The third-order valence-corrected chi connectivity index (χ3v) is 5.35. The van der Waals surface area contributed by atoms with Crippen molar-refractivity contribution >= 4 is 28.4 Å². The number of para-hydroxylation sites is 1. The van der Waals surface area contributed by atoms with Crippen LogP contribution >= 0.6 is 0 Å². The van der Waals surface area contributed by atoms with E-state index in [1.54, 1.807) is 18.3 Å². The quantitative estimate of drug-likeness (QED) is 0.320. The van der Waals surface area contributed by atoms with Crippen LogP contribution in [0.25, 0.3) is 16.7 Å². The van der Waals surface area contributed by atoms with Gasteiger partial charge in [-0.05, 0) is 37.6 Å². The van der Waals surface area contributed by atoms with Crippen LogP contribution in [0, 0.1) is 0 Å². The number of ketones is 1. The molecule has 31 heavy (non-hydrogen) atoms. The Kier molecular flexibility index (Phi) is 5.52. The van der Waals surface area contributed by atoms with Gasteiger partial charge < -0.3 is 24.8 Å². The number of phenols is 1. The minimum Gasteiger partial charge on any atom is -0.508 e. The number of benzene rings is 2. The summed E-state index contributed by atoms with van der Waals surface area (Å²) < 4.78 is 5.58. The molecular formula is C24H24N2O5. The van der Waals surface area contributed by atoms with Gasteiger partial charge in [0.05, 0.1) is 24.3 Å². The third kappa shape index (κ3) is 3.80. The van der Waals surface area contributed by atoms with Crippen molar-refractivity contribution in [1.29, 1.82) is 0 Å². The molecule has 1 amide bonds. The SMILES string of the molecule is CC(C)OCCN1C(=O)C(=O)/C(=C(\O)c2c[nH]c3ccccc23)C1c1cccc(O)c1. The van der Waals surface area contributed by atoms with Gasteiger partial charge in [0, 0.05) is 29.2 Å². The number of nitrogens with one attached hydrogen (secondary N) is 1. The Morgan fingerprint density at radius 3 is 2.68 bits per heavy atom. The standard InChI is InChI=1S/C24H24N2O5/c1-14(2)31-11-10-26-21(15-6-5-7-16(27)12-15)20(23(29)24(26)30)22(28)18-13-25-19-9-4-3-8-17(18)19/h3-9,12-14,21,25,27-28H,10-11H2,1-2H3/b22-20-. The maximum absolute atomic E-state index is 13.0. The van der Waals surface area contributed by atoms with Crippen LogP contribution in [0.15, 0.2) is 60.3 Å². The lowest BCUT2D eigenvalue weighted by Gasteiger charge is -2.25. The molecule has 2 heterocycles. The fraction of sp³-hybridized carbons (Fsp3) is 0.250. The molecule has 160 valence electrons. The van der Waals surface area contributed by atoms with Crippen LogP contribution in [0.2, 0.25) is 0 Å².